The summed E-state index contributed by atoms with van der Waals surface area (Å²) in [5.41, 5.74) is 2.54. The smallest absolute Gasteiger partial charge is 0.475 e. The molecule has 1 atom stereocenters. The third-order valence-electron chi connectivity index (χ3n) is 3.76. The average Bonchev–Trinajstić information content (AvgIpc) is 2.64. The van der Waals surface area contributed by atoms with E-state index in [-0.39, 0.29) is 5.78 Å². The predicted molar refractivity (Wildman–Crippen MR) is 74.4 cm³/mol. The van der Waals surface area contributed by atoms with Crippen molar-refractivity contribution in [1.82, 2.24) is 0 Å². The van der Waals surface area contributed by atoms with Crippen molar-refractivity contribution in [1.29, 1.82) is 0 Å². The summed E-state index contributed by atoms with van der Waals surface area (Å²) in [6.07, 6.45) is -1.84. The quantitative estimate of drug-likeness (QED) is 0.454. The van der Waals surface area contributed by atoms with Crippen molar-refractivity contribution in [3.63, 3.8) is 0 Å². The standard InChI is InChI=1S/C13H19O2.C2HF3O2.Hg/c1-6-7-8-11-9(2)12(14)10(3)13(11,4)15-5;3-2(4,5)1(6)7;/h3H,6-8H2,1-2,4-5H3;(H,6,7);. The summed E-state index contributed by atoms with van der Waals surface area (Å²) in [6, 6.07) is 0. The fourth-order valence-corrected chi connectivity index (χ4v) is 4.61. The number of aliphatic carboxylic acids is 1. The van der Waals surface area contributed by atoms with Crippen LogP contribution in [0.1, 0.15) is 40.0 Å². The molecule has 0 aromatic carbocycles. The van der Waals surface area contributed by atoms with E-state index < -0.39 is 17.7 Å². The fraction of sp³-hybridized carbons (Fsp3) is 0.600. The van der Waals surface area contributed by atoms with Crippen molar-refractivity contribution in [3.05, 3.63) is 20.3 Å². The van der Waals surface area contributed by atoms with Gasteiger partial charge in [-0.25, -0.2) is 4.79 Å². The van der Waals surface area contributed by atoms with Gasteiger partial charge >= 0.3 is 127 Å². The summed E-state index contributed by atoms with van der Waals surface area (Å²) in [7, 11) is 1.70. The molecule has 1 aliphatic rings. The molecule has 127 valence electrons. The van der Waals surface area contributed by atoms with Gasteiger partial charge in [0.1, 0.15) is 0 Å². The number of carboxylic acids is 1. The number of Topliss-reactive ketones (excluding diaryl/α,β-unsaturated/α-hetero) is 1. The Morgan fingerprint density at radius 1 is 1.43 bits per heavy atom. The fourth-order valence-electron chi connectivity index (χ4n) is 2.38. The van der Waals surface area contributed by atoms with Gasteiger partial charge in [-0.15, -0.1) is 0 Å². The number of ketones is 1. The molecular weight excluding hydrogens is 502 g/mol. The summed E-state index contributed by atoms with van der Waals surface area (Å²) in [5, 5.41) is 7.12. The number of rotatable bonds is 4. The molecule has 1 unspecified atom stereocenters. The summed E-state index contributed by atoms with van der Waals surface area (Å²) in [6.45, 7) is 6.14. The van der Waals surface area contributed by atoms with Gasteiger partial charge in [-0.3, -0.25) is 0 Å². The molecule has 23 heavy (non-hydrogen) atoms. The number of allylic oxidation sites excluding steroid dienone is 1. The largest absolute Gasteiger partial charge is 0.490 e. The number of halogens is 3. The van der Waals surface area contributed by atoms with Crippen LogP contribution in [0.15, 0.2) is 20.3 Å². The molecule has 0 bridgehead atoms. The van der Waals surface area contributed by atoms with Crippen LogP contribution in [0.4, 0.5) is 13.2 Å². The molecule has 1 aliphatic carbocycles. The molecule has 4 nitrogen and oxygen atoms in total. The second-order valence-electron chi connectivity index (χ2n) is 5.19. The Kier molecular flexibility index (Phi) is 8.69. The van der Waals surface area contributed by atoms with E-state index in [1.54, 1.807) is 7.11 Å². The molecule has 1 N–H and O–H groups in total. The van der Waals surface area contributed by atoms with Crippen molar-refractivity contribution < 1.29 is 58.7 Å². The molecule has 0 heterocycles. The van der Waals surface area contributed by atoms with Gasteiger partial charge < -0.3 is 5.11 Å². The van der Waals surface area contributed by atoms with E-state index in [0.717, 1.165) is 30.4 Å². The zero-order valence-electron chi connectivity index (χ0n) is 13.7. The normalized spacial score (nSPS) is 23.2. The minimum absolute atomic E-state index is 0.199. The number of hydrogen-bond donors (Lipinski definition) is 1. The van der Waals surface area contributed by atoms with E-state index in [1.165, 1.54) is 5.57 Å². The van der Waals surface area contributed by atoms with Crippen molar-refractivity contribution in [2.75, 3.05) is 7.11 Å². The van der Waals surface area contributed by atoms with Crippen LogP contribution >= 0.6 is 0 Å². The molecule has 0 radical (unpaired) electrons. The SMILES string of the molecule is CCCCC1=C(C)C(=O)/C(=[CH]\[Hg])C1(C)OC.O=C(O)C(F)(F)F. The van der Waals surface area contributed by atoms with E-state index in [9.17, 15) is 18.0 Å². The van der Waals surface area contributed by atoms with Gasteiger partial charge in [-0.1, -0.05) is 0 Å². The first-order valence-corrected chi connectivity index (χ1v) is 10.2. The first kappa shape index (κ1) is 22.3. The molecule has 0 saturated carbocycles. The van der Waals surface area contributed by atoms with E-state index >= 15 is 0 Å². The number of hydrogen-bond acceptors (Lipinski definition) is 3. The second-order valence-corrected chi connectivity index (χ2v) is 6.78. The van der Waals surface area contributed by atoms with Crippen LogP contribution in [0, 0.1) is 0 Å². The van der Waals surface area contributed by atoms with Gasteiger partial charge in [0.15, 0.2) is 0 Å². The van der Waals surface area contributed by atoms with Crippen LogP contribution < -0.4 is 0 Å². The molecule has 8 heteroatoms. The Hall–Kier alpha value is -0.695. The number of carbonyl (C=O) groups is 2. The number of ether oxygens (including phenoxy) is 1. The van der Waals surface area contributed by atoms with E-state index in [2.05, 4.69) is 10.5 Å². The molecular formula is C15H20F3HgO4. The third kappa shape index (κ3) is 5.41. The first-order chi connectivity index (χ1) is 10.5. The molecule has 0 aliphatic heterocycles. The van der Waals surface area contributed by atoms with Gasteiger partial charge in [0, 0.05) is 0 Å². The number of carboxylic acid groups (broad SMARTS) is 1. The summed E-state index contributed by atoms with van der Waals surface area (Å²) in [4.78, 5) is 21.0. The minimum atomic E-state index is -5.08. The van der Waals surface area contributed by atoms with Crippen LogP contribution in [-0.2, 0) is 40.4 Å². The van der Waals surface area contributed by atoms with Gasteiger partial charge in [-0.05, 0) is 0 Å². The zero-order valence-corrected chi connectivity index (χ0v) is 19.2. The number of unbranched alkanes of at least 4 members (excludes halogenated alkanes) is 1. The predicted octanol–water partition coefficient (Wildman–Crippen LogP) is 3.54. The number of alkyl halides is 3. The van der Waals surface area contributed by atoms with Crippen LogP contribution in [0.5, 0.6) is 0 Å². The number of carbonyl (C=O) groups excluding carboxylic acids is 1. The molecule has 1 rings (SSSR count). The maximum absolute atomic E-state index is 12.1. The third-order valence-corrected chi connectivity index (χ3v) is 5.35. The molecule has 0 saturated heterocycles. The maximum Gasteiger partial charge on any atom is 0.490 e. The van der Waals surface area contributed by atoms with Crippen LogP contribution in [-0.4, -0.2) is 35.7 Å². The Morgan fingerprint density at radius 2 is 1.91 bits per heavy atom. The Morgan fingerprint density at radius 3 is 2.22 bits per heavy atom. The molecule has 0 spiro atoms. The van der Waals surface area contributed by atoms with Crippen molar-refractivity contribution >= 4 is 11.8 Å². The average molecular weight is 522 g/mol. The Labute approximate surface area is 149 Å². The maximum atomic E-state index is 12.1. The van der Waals surface area contributed by atoms with Gasteiger partial charge in [0.05, 0.1) is 0 Å². The monoisotopic (exact) mass is 523 g/mol. The van der Waals surface area contributed by atoms with Gasteiger partial charge in [0.25, 0.3) is 0 Å². The molecule has 0 fully saturated rings. The van der Waals surface area contributed by atoms with Crippen LogP contribution in [0.3, 0.4) is 0 Å². The van der Waals surface area contributed by atoms with E-state index in [0.29, 0.717) is 26.1 Å². The Balaban J connectivity index is 0.000000585. The van der Waals surface area contributed by atoms with Crippen molar-refractivity contribution in [2.45, 2.75) is 51.8 Å². The second kappa shape index (κ2) is 8.96. The molecule has 0 aromatic rings. The molecule has 0 aromatic heterocycles. The topological polar surface area (TPSA) is 63.6 Å². The summed E-state index contributed by atoms with van der Waals surface area (Å²) < 4.78 is 39.5. The van der Waals surface area contributed by atoms with E-state index in [4.69, 9.17) is 14.6 Å². The van der Waals surface area contributed by atoms with Gasteiger partial charge in [0.2, 0.25) is 0 Å². The number of methoxy groups -OCH3 is 1. The first-order valence-electron chi connectivity index (χ1n) is 7.07. The van der Waals surface area contributed by atoms with Gasteiger partial charge in [-0.2, -0.15) is 13.2 Å². The Bertz CT molecular complexity index is 523. The molecule has 0 amide bonds. The zero-order chi connectivity index (χ0) is 18.4. The minimum Gasteiger partial charge on any atom is -0.475 e. The van der Waals surface area contributed by atoms with Crippen LogP contribution in [0.25, 0.3) is 0 Å². The van der Waals surface area contributed by atoms with Crippen molar-refractivity contribution in [3.8, 4) is 0 Å². The van der Waals surface area contributed by atoms with E-state index in [1.807, 2.05) is 13.8 Å². The summed E-state index contributed by atoms with van der Waals surface area (Å²) in [5.74, 6) is -2.56. The van der Waals surface area contributed by atoms with Crippen molar-refractivity contribution in [2.24, 2.45) is 0 Å². The van der Waals surface area contributed by atoms with Crippen LogP contribution in [0.2, 0.25) is 0 Å². The summed E-state index contributed by atoms with van der Waals surface area (Å²) >= 11 is 0.489.